The summed E-state index contributed by atoms with van der Waals surface area (Å²) in [5.41, 5.74) is -0.894. The van der Waals surface area contributed by atoms with Crippen molar-refractivity contribution in [3.63, 3.8) is 0 Å². The Balaban J connectivity index is 2.72. The first kappa shape index (κ1) is 13.9. The third-order valence-corrected chi connectivity index (χ3v) is 3.12. The molecule has 0 aromatic carbocycles. The Kier molecular flexibility index (Phi) is 4.47. The third kappa shape index (κ3) is 3.98. The summed E-state index contributed by atoms with van der Waals surface area (Å²) in [6.45, 7) is 4.93. The summed E-state index contributed by atoms with van der Waals surface area (Å²) in [6, 6.07) is -0.681. The average Bonchev–Trinajstić information content (AvgIpc) is 2.22. The van der Waals surface area contributed by atoms with Gasteiger partial charge < -0.3 is 15.5 Å². The lowest BCUT2D eigenvalue weighted by molar-refractivity contribution is -0.144. The van der Waals surface area contributed by atoms with Gasteiger partial charge in [0.1, 0.15) is 0 Å². The Labute approximate surface area is 101 Å². The molecule has 1 heterocycles. The van der Waals surface area contributed by atoms with E-state index in [1.54, 1.807) is 11.8 Å². The quantitative estimate of drug-likeness (QED) is 0.602. The molecule has 1 amide bonds. The van der Waals surface area contributed by atoms with Gasteiger partial charge in [-0.2, -0.15) is 0 Å². The molecule has 1 aliphatic heterocycles. The maximum absolute atomic E-state index is 11.6. The molecule has 2 unspecified atom stereocenters. The summed E-state index contributed by atoms with van der Waals surface area (Å²) in [5.74, 6) is -1.28. The summed E-state index contributed by atoms with van der Waals surface area (Å²) in [5, 5.41) is 21.4. The van der Waals surface area contributed by atoms with Crippen LogP contribution in [-0.4, -0.2) is 58.3 Å². The second-order valence-electron chi connectivity index (χ2n) is 4.73. The predicted molar refractivity (Wildman–Crippen MR) is 61.5 cm³/mol. The van der Waals surface area contributed by atoms with Crippen LogP contribution in [-0.2, 0) is 9.59 Å². The summed E-state index contributed by atoms with van der Waals surface area (Å²) in [6.07, 6.45) is 0.330. The lowest BCUT2D eigenvalue weighted by Crippen LogP contribution is -2.59. The minimum absolute atomic E-state index is 0.231. The monoisotopic (exact) mass is 244 g/mol. The van der Waals surface area contributed by atoms with Crippen LogP contribution >= 0.6 is 0 Å². The molecule has 17 heavy (non-hydrogen) atoms. The summed E-state index contributed by atoms with van der Waals surface area (Å²) in [4.78, 5) is 24.1. The molecule has 98 valence electrons. The van der Waals surface area contributed by atoms with Gasteiger partial charge in [-0.15, -0.1) is 0 Å². The number of carboxylic acids is 1. The fraction of sp³-hybridized carbons (Fsp3) is 0.818. The number of piperazine rings is 1. The molecule has 0 aromatic heterocycles. The molecule has 1 fully saturated rings. The highest BCUT2D eigenvalue weighted by molar-refractivity contribution is 5.86. The first-order chi connectivity index (χ1) is 7.85. The molecular weight excluding hydrogens is 224 g/mol. The molecule has 0 aromatic rings. The van der Waals surface area contributed by atoms with Gasteiger partial charge in [-0.25, -0.2) is 0 Å². The van der Waals surface area contributed by atoms with Gasteiger partial charge in [-0.05, 0) is 13.3 Å². The maximum atomic E-state index is 11.6. The second-order valence-corrected chi connectivity index (χ2v) is 4.73. The molecule has 1 aliphatic rings. The number of aliphatic hydroxyl groups is 1. The van der Waals surface area contributed by atoms with E-state index in [4.69, 9.17) is 5.11 Å². The van der Waals surface area contributed by atoms with Crippen LogP contribution in [0.2, 0.25) is 0 Å². The van der Waals surface area contributed by atoms with E-state index in [1.165, 1.54) is 0 Å². The zero-order valence-electron chi connectivity index (χ0n) is 10.3. The van der Waals surface area contributed by atoms with Crippen LogP contribution < -0.4 is 5.32 Å². The predicted octanol–water partition coefficient (Wildman–Crippen LogP) is -0.577. The van der Waals surface area contributed by atoms with E-state index < -0.39 is 17.6 Å². The molecule has 6 heteroatoms. The van der Waals surface area contributed by atoms with Gasteiger partial charge >= 0.3 is 5.97 Å². The zero-order valence-corrected chi connectivity index (χ0v) is 10.3. The highest BCUT2D eigenvalue weighted by Crippen LogP contribution is 2.16. The van der Waals surface area contributed by atoms with Crippen molar-refractivity contribution >= 4 is 11.9 Å². The molecule has 6 nitrogen and oxygen atoms in total. The molecular formula is C11H20N2O4. The van der Waals surface area contributed by atoms with Crippen molar-refractivity contribution in [2.24, 2.45) is 0 Å². The van der Waals surface area contributed by atoms with Gasteiger partial charge in [0.05, 0.1) is 18.1 Å². The first-order valence-corrected chi connectivity index (χ1v) is 5.81. The smallest absolute Gasteiger partial charge is 0.305 e. The number of β-amino-alcohol motifs (C(OH)–C–C–N with tert-alkyl or cyclic N) is 1. The number of aliphatic carboxylic acids is 1. The van der Waals surface area contributed by atoms with Gasteiger partial charge in [-0.3, -0.25) is 14.5 Å². The standard InChI is InChI=1S/C11H20N2O4/c1-3-11(2,17)7-13-5-4-12-10(16)8(13)6-9(14)15/h8,17H,3-7H2,1-2H3,(H,12,16)(H,14,15). The number of amides is 1. The molecule has 0 aliphatic carbocycles. The van der Waals surface area contributed by atoms with E-state index in [2.05, 4.69) is 5.32 Å². The van der Waals surface area contributed by atoms with Crippen LogP contribution in [0.15, 0.2) is 0 Å². The minimum Gasteiger partial charge on any atom is -0.481 e. The van der Waals surface area contributed by atoms with E-state index in [9.17, 15) is 14.7 Å². The van der Waals surface area contributed by atoms with Crippen LogP contribution in [0.25, 0.3) is 0 Å². The van der Waals surface area contributed by atoms with E-state index >= 15 is 0 Å². The maximum Gasteiger partial charge on any atom is 0.305 e. The van der Waals surface area contributed by atoms with Crippen molar-refractivity contribution in [2.45, 2.75) is 38.3 Å². The van der Waals surface area contributed by atoms with E-state index in [1.807, 2.05) is 6.92 Å². The highest BCUT2D eigenvalue weighted by atomic mass is 16.4. The first-order valence-electron chi connectivity index (χ1n) is 5.81. The molecule has 1 rings (SSSR count). The highest BCUT2D eigenvalue weighted by Gasteiger charge is 2.34. The number of hydrogen-bond donors (Lipinski definition) is 3. The minimum atomic E-state index is -1.01. The van der Waals surface area contributed by atoms with Crippen LogP contribution in [0.3, 0.4) is 0 Å². The van der Waals surface area contributed by atoms with Crippen molar-refractivity contribution in [3.05, 3.63) is 0 Å². The van der Waals surface area contributed by atoms with Crippen molar-refractivity contribution in [1.29, 1.82) is 0 Å². The van der Waals surface area contributed by atoms with Crippen molar-refractivity contribution in [2.75, 3.05) is 19.6 Å². The zero-order chi connectivity index (χ0) is 13.1. The SMILES string of the molecule is CCC(C)(O)CN1CCNC(=O)C1CC(=O)O. The number of hydrogen-bond acceptors (Lipinski definition) is 4. The molecule has 0 bridgehead atoms. The fourth-order valence-electron chi connectivity index (χ4n) is 1.89. The van der Waals surface area contributed by atoms with Crippen LogP contribution in [0.4, 0.5) is 0 Å². The van der Waals surface area contributed by atoms with E-state index in [0.29, 0.717) is 26.1 Å². The molecule has 0 radical (unpaired) electrons. The van der Waals surface area contributed by atoms with Gasteiger partial charge in [0, 0.05) is 19.6 Å². The topological polar surface area (TPSA) is 89.9 Å². The van der Waals surface area contributed by atoms with E-state index in [0.717, 1.165) is 0 Å². The number of rotatable bonds is 5. The summed E-state index contributed by atoms with van der Waals surface area (Å²) >= 11 is 0. The van der Waals surface area contributed by atoms with Crippen LogP contribution in [0, 0.1) is 0 Å². The molecule has 0 saturated carbocycles. The largest absolute Gasteiger partial charge is 0.481 e. The number of carboxylic acid groups (broad SMARTS) is 1. The van der Waals surface area contributed by atoms with Gasteiger partial charge in [0.25, 0.3) is 0 Å². The Morgan fingerprint density at radius 2 is 2.29 bits per heavy atom. The Morgan fingerprint density at radius 1 is 1.65 bits per heavy atom. The van der Waals surface area contributed by atoms with Crippen LogP contribution in [0.1, 0.15) is 26.7 Å². The summed E-state index contributed by atoms with van der Waals surface area (Å²) in [7, 11) is 0. The molecule has 0 spiro atoms. The fourth-order valence-corrected chi connectivity index (χ4v) is 1.89. The second kappa shape index (κ2) is 5.46. The normalized spacial score (nSPS) is 25.1. The van der Waals surface area contributed by atoms with Crippen LogP contribution in [0.5, 0.6) is 0 Å². The lowest BCUT2D eigenvalue weighted by atomic mass is 10.00. The average molecular weight is 244 g/mol. The van der Waals surface area contributed by atoms with Crippen molar-refractivity contribution in [3.8, 4) is 0 Å². The van der Waals surface area contributed by atoms with Gasteiger partial charge in [0.15, 0.2) is 0 Å². The molecule has 1 saturated heterocycles. The number of nitrogens with zero attached hydrogens (tertiary/aromatic N) is 1. The lowest BCUT2D eigenvalue weighted by Gasteiger charge is -2.38. The summed E-state index contributed by atoms with van der Waals surface area (Å²) < 4.78 is 0. The molecule has 3 N–H and O–H groups in total. The third-order valence-electron chi connectivity index (χ3n) is 3.12. The Hall–Kier alpha value is -1.14. The number of nitrogens with one attached hydrogen (secondary N) is 1. The van der Waals surface area contributed by atoms with Crippen molar-refractivity contribution in [1.82, 2.24) is 10.2 Å². The Bertz CT molecular complexity index is 304. The number of carbonyl (C=O) groups excluding carboxylic acids is 1. The van der Waals surface area contributed by atoms with Gasteiger partial charge in [0.2, 0.25) is 5.91 Å². The Morgan fingerprint density at radius 3 is 2.82 bits per heavy atom. The number of carbonyl (C=O) groups is 2. The van der Waals surface area contributed by atoms with E-state index in [-0.39, 0.29) is 12.3 Å². The molecule has 2 atom stereocenters. The van der Waals surface area contributed by atoms with Gasteiger partial charge in [-0.1, -0.05) is 6.92 Å². The van der Waals surface area contributed by atoms with Crippen molar-refractivity contribution < 1.29 is 19.8 Å².